The van der Waals surface area contributed by atoms with Crippen LogP contribution in [-0.2, 0) is 0 Å². The van der Waals surface area contributed by atoms with Gasteiger partial charge in [-0.15, -0.1) is 62.0 Å². The van der Waals surface area contributed by atoms with E-state index in [2.05, 4.69) is 72.8 Å². The zero-order valence-corrected chi connectivity index (χ0v) is 17.1. The Morgan fingerprint density at radius 3 is 0.800 bits per heavy atom. The van der Waals surface area contributed by atoms with Crippen LogP contribution in [0.25, 0.3) is 43.1 Å². The molecule has 0 aliphatic carbocycles. The van der Waals surface area contributed by atoms with E-state index in [9.17, 15) is 0 Å². The molecule has 0 radical (unpaired) electrons. The Bertz CT molecular complexity index is 935. The molecule has 0 aliphatic rings. The second-order valence-electron chi connectivity index (χ2n) is 5.42. The predicted octanol–water partition coefficient (Wildman–Crippen LogP) is 7.85. The van der Waals surface area contributed by atoms with Crippen molar-refractivity contribution in [2.24, 2.45) is 0 Å². The first-order valence-electron chi connectivity index (χ1n) is 6.98. The average molecular weight is 435 g/mol. The zero-order chi connectivity index (χ0) is 13.1. The molecule has 0 heterocycles. The Hall–Kier alpha value is -1.15. The van der Waals surface area contributed by atoms with Gasteiger partial charge in [0.25, 0.3) is 0 Å². The monoisotopic (exact) mass is 432 g/mol. The van der Waals surface area contributed by atoms with E-state index >= 15 is 0 Å². The normalized spacial score (nSPS) is 9.60. The second-order valence-corrected chi connectivity index (χ2v) is 5.42. The first-order valence-corrected chi connectivity index (χ1v) is 6.98. The van der Waals surface area contributed by atoms with E-state index < -0.39 is 0 Å². The molecule has 0 bridgehead atoms. The molecule has 5 rings (SSSR count). The lowest BCUT2D eigenvalue weighted by Gasteiger charge is -2.13. The van der Waals surface area contributed by atoms with Gasteiger partial charge in [0.2, 0.25) is 0 Å². The molecule has 0 nitrogen and oxygen atoms in total. The molecule has 5 aromatic rings. The molecule has 0 spiro atoms. The maximum Gasteiger partial charge on any atom is -0.00264 e. The number of hydrogen-bond acceptors (Lipinski definition) is 0. The molecule has 0 atom stereocenters. The van der Waals surface area contributed by atoms with Gasteiger partial charge >= 0.3 is 0 Å². The fraction of sp³-hybridized carbons (Fsp3) is 0. The fourth-order valence-corrected chi connectivity index (χ4v) is 3.58. The summed E-state index contributed by atoms with van der Waals surface area (Å²) < 4.78 is 0. The first-order chi connectivity index (χ1) is 9.93. The lowest BCUT2D eigenvalue weighted by Crippen LogP contribution is -1.85. The van der Waals surface area contributed by atoms with Crippen molar-refractivity contribution in [3.63, 3.8) is 0 Å². The van der Waals surface area contributed by atoms with E-state index in [1.165, 1.54) is 43.1 Å². The Balaban J connectivity index is 0.00000115. The van der Waals surface area contributed by atoms with Gasteiger partial charge in [-0.3, -0.25) is 0 Å². The highest BCUT2D eigenvalue weighted by Gasteiger charge is 2.11. The van der Waals surface area contributed by atoms with Crippen LogP contribution in [0.15, 0.2) is 72.8 Å². The fourth-order valence-electron chi connectivity index (χ4n) is 3.58. The molecule has 5 heteroatoms. The Kier molecular flexibility index (Phi) is 8.57. The van der Waals surface area contributed by atoms with Gasteiger partial charge in [0.05, 0.1) is 0 Å². The van der Waals surface area contributed by atoms with Crippen LogP contribution in [-0.4, -0.2) is 0 Å². The topological polar surface area (TPSA) is 0 Å². The molecule has 0 unspecified atom stereocenters. The predicted molar refractivity (Wildman–Crippen MR) is 124 cm³/mol. The van der Waals surface area contributed by atoms with E-state index in [-0.39, 0.29) is 62.0 Å². The number of rotatable bonds is 0. The Morgan fingerprint density at radius 2 is 0.560 bits per heavy atom. The summed E-state index contributed by atoms with van der Waals surface area (Å²) in [7, 11) is 0. The van der Waals surface area contributed by atoms with E-state index in [4.69, 9.17) is 0 Å². The van der Waals surface area contributed by atoms with E-state index in [0.717, 1.165) is 0 Å². The van der Waals surface area contributed by atoms with Gasteiger partial charge in [-0.2, -0.15) is 0 Å². The highest BCUT2D eigenvalue weighted by Crippen LogP contribution is 2.39. The van der Waals surface area contributed by atoms with Crippen LogP contribution in [0.4, 0.5) is 0 Å². The standard InChI is InChI=1S/C20H12.5ClH/c1-5-13-6-2-11-17-18-12-4-8-14-7-3-10-16(20(14)18)15(9-1)19(13)17;;;;;/h1-12H;5*1H. The lowest BCUT2D eigenvalue weighted by molar-refractivity contribution is 1.78. The molecule has 0 amide bonds. The smallest absolute Gasteiger partial charge is 0.00264 e. The minimum Gasteiger partial charge on any atom is -0.147 e. The zero-order valence-electron chi connectivity index (χ0n) is 13.0. The molecule has 0 saturated carbocycles. The third kappa shape index (κ3) is 3.30. The van der Waals surface area contributed by atoms with Crippen LogP contribution in [0.1, 0.15) is 0 Å². The van der Waals surface area contributed by atoms with Crippen molar-refractivity contribution in [2.45, 2.75) is 0 Å². The molecule has 132 valence electrons. The maximum absolute atomic E-state index is 2.25. The Morgan fingerprint density at radius 1 is 0.320 bits per heavy atom. The Labute approximate surface area is 177 Å². The van der Waals surface area contributed by atoms with Gasteiger partial charge in [0.15, 0.2) is 0 Å². The van der Waals surface area contributed by atoms with Crippen molar-refractivity contribution < 1.29 is 0 Å². The summed E-state index contributed by atoms with van der Waals surface area (Å²) >= 11 is 0. The summed E-state index contributed by atoms with van der Waals surface area (Å²) in [6.45, 7) is 0. The van der Waals surface area contributed by atoms with Crippen molar-refractivity contribution >= 4 is 105 Å². The number of hydrogen-bond donors (Lipinski definition) is 0. The van der Waals surface area contributed by atoms with Crippen LogP contribution in [0, 0.1) is 0 Å². The van der Waals surface area contributed by atoms with Crippen molar-refractivity contribution in [1.82, 2.24) is 0 Å². The van der Waals surface area contributed by atoms with Crippen LogP contribution in [0.2, 0.25) is 0 Å². The first kappa shape index (κ1) is 23.9. The van der Waals surface area contributed by atoms with E-state index in [1.54, 1.807) is 0 Å². The highest BCUT2D eigenvalue weighted by atomic mass is 35.5. The SMILES string of the molecule is Cl.Cl.Cl.Cl.Cl.c1cc2cccc3c4cccc5cccc(c(c1)c23)c54. The summed E-state index contributed by atoms with van der Waals surface area (Å²) in [4.78, 5) is 0. The quantitative estimate of drug-likeness (QED) is 0.172. The van der Waals surface area contributed by atoms with Gasteiger partial charge < -0.3 is 0 Å². The molecule has 0 saturated heterocycles. The molecule has 0 fully saturated rings. The van der Waals surface area contributed by atoms with Gasteiger partial charge in [0.1, 0.15) is 0 Å². The minimum atomic E-state index is 0. The lowest BCUT2D eigenvalue weighted by atomic mass is 9.90. The molecule has 25 heavy (non-hydrogen) atoms. The van der Waals surface area contributed by atoms with Crippen molar-refractivity contribution in [3.05, 3.63) is 72.8 Å². The molecule has 0 N–H and O–H groups in total. The van der Waals surface area contributed by atoms with Gasteiger partial charge in [-0.05, 0) is 43.1 Å². The summed E-state index contributed by atoms with van der Waals surface area (Å²) in [5.41, 5.74) is 0. The average Bonchev–Trinajstić information content (AvgIpc) is 2.52. The van der Waals surface area contributed by atoms with Crippen LogP contribution in [0.5, 0.6) is 0 Å². The maximum atomic E-state index is 2.25. The summed E-state index contributed by atoms with van der Waals surface area (Å²) in [5, 5.41) is 10.9. The van der Waals surface area contributed by atoms with E-state index in [1.807, 2.05) is 0 Å². The largest absolute Gasteiger partial charge is 0.147 e. The minimum absolute atomic E-state index is 0. The number of benzene rings is 5. The van der Waals surface area contributed by atoms with Crippen molar-refractivity contribution in [3.8, 4) is 0 Å². The van der Waals surface area contributed by atoms with Crippen LogP contribution in [0.3, 0.4) is 0 Å². The number of halogens is 5. The van der Waals surface area contributed by atoms with Gasteiger partial charge in [-0.25, -0.2) is 0 Å². The third-order valence-electron chi connectivity index (χ3n) is 4.39. The highest BCUT2D eigenvalue weighted by molar-refractivity contribution is 6.32. The molecular weight excluding hydrogens is 417 g/mol. The van der Waals surface area contributed by atoms with E-state index in [0.29, 0.717) is 0 Å². The van der Waals surface area contributed by atoms with Crippen molar-refractivity contribution in [2.75, 3.05) is 0 Å². The summed E-state index contributed by atoms with van der Waals surface area (Å²) in [5.74, 6) is 0. The third-order valence-corrected chi connectivity index (χ3v) is 4.39. The van der Waals surface area contributed by atoms with Gasteiger partial charge in [0, 0.05) is 0 Å². The summed E-state index contributed by atoms with van der Waals surface area (Å²) in [6, 6.07) is 26.4. The summed E-state index contributed by atoms with van der Waals surface area (Å²) in [6.07, 6.45) is 0. The van der Waals surface area contributed by atoms with Crippen LogP contribution >= 0.6 is 62.0 Å². The number of fused-ring (bicyclic) bond motifs is 2. The molecule has 5 aromatic carbocycles. The van der Waals surface area contributed by atoms with Gasteiger partial charge in [-0.1, -0.05) is 72.8 Å². The van der Waals surface area contributed by atoms with Crippen LogP contribution < -0.4 is 0 Å². The second kappa shape index (κ2) is 8.98. The molecular formula is C20H17Cl5. The molecule has 0 aromatic heterocycles. The molecule has 0 aliphatic heterocycles. The van der Waals surface area contributed by atoms with Crippen molar-refractivity contribution in [1.29, 1.82) is 0 Å².